The molecule has 1 saturated heterocycles. The molecular weight excluding hydrogens is 408 g/mol. The highest BCUT2D eigenvalue weighted by Crippen LogP contribution is 2.26. The molecular formula is C18H21ClN2O4S2. The van der Waals surface area contributed by atoms with Crippen LogP contribution in [0.4, 0.5) is 0 Å². The van der Waals surface area contributed by atoms with Gasteiger partial charge in [-0.25, -0.2) is 18.2 Å². The van der Waals surface area contributed by atoms with Gasteiger partial charge in [0, 0.05) is 18.5 Å². The van der Waals surface area contributed by atoms with Gasteiger partial charge < -0.3 is 4.74 Å². The SMILES string of the molecule is CCCc1nc(COC(=O)c2cc(S(=O)(=O)N3CCCC3)ccc2Cl)cs1. The second kappa shape index (κ2) is 8.68. The number of sulfonamides is 1. The quantitative estimate of drug-likeness (QED) is 0.625. The van der Waals surface area contributed by atoms with E-state index in [2.05, 4.69) is 11.9 Å². The first-order valence-electron chi connectivity index (χ1n) is 8.82. The maximum Gasteiger partial charge on any atom is 0.340 e. The fraction of sp³-hybridized carbons (Fsp3) is 0.444. The zero-order valence-corrected chi connectivity index (χ0v) is 17.4. The third-order valence-corrected chi connectivity index (χ3v) is 7.46. The minimum Gasteiger partial charge on any atom is -0.456 e. The molecule has 0 spiro atoms. The Bertz CT molecular complexity index is 921. The van der Waals surface area contributed by atoms with Crippen LogP contribution in [0.5, 0.6) is 0 Å². The first-order valence-corrected chi connectivity index (χ1v) is 11.5. The van der Waals surface area contributed by atoms with Gasteiger partial charge in [0.25, 0.3) is 0 Å². The Morgan fingerprint density at radius 3 is 2.78 bits per heavy atom. The minimum atomic E-state index is -3.63. The van der Waals surface area contributed by atoms with Crippen molar-refractivity contribution in [1.82, 2.24) is 9.29 Å². The van der Waals surface area contributed by atoms with Crippen molar-refractivity contribution >= 4 is 38.9 Å². The number of hydrogen-bond donors (Lipinski definition) is 0. The molecule has 1 aromatic heterocycles. The van der Waals surface area contributed by atoms with E-state index >= 15 is 0 Å². The number of hydrogen-bond acceptors (Lipinski definition) is 6. The number of nitrogens with zero attached hydrogens (tertiary/aromatic N) is 2. The number of aryl methyl sites for hydroxylation is 1. The molecule has 1 aliphatic heterocycles. The summed E-state index contributed by atoms with van der Waals surface area (Å²) in [5.74, 6) is -0.663. The Morgan fingerprint density at radius 2 is 2.07 bits per heavy atom. The van der Waals surface area contributed by atoms with Gasteiger partial charge in [0.2, 0.25) is 10.0 Å². The number of aromatic nitrogens is 1. The highest BCUT2D eigenvalue weighted by atomic mass is 35.5. The molecule has 1 aromatic carbocycles. The molecule has 2 heterocycles. The van der Waals surface area contributed by atoms with Crippen LogP contribution in [0.2, 0.25) is 5.02 Å². The van der Waals surface area contributed by atoms with Gasteiger partial charge in [-0.05, 0) is 43.9 Å². The largest absolute Gasteiger partial charge is 0.456 e. The van der Waals surface area contributed by atoms with E-state index in [9.17, 15) is 13.2 Å². The Kier molecular flexibility index (Phi) is 6.52. The molecule has 3 rings (SSSR count). The van der Waals surface area contributed by atoms with Gasteiger partial charge in [0.05, 0.1) is 26.2 Å². The van der Waals surface area contributed by atoms with E-state index in [1.165, 1.54) is 33.8 Å². The van der Waals surface area contributed by atoms with Crippen molar-refractivity contribution in [2.75, 3.05) is 13.1 Å². The Hall–Kier alpha value is -1.48. The highest BCUT2D eigenvalue weighted by Gasteiger charge is 2.28. The Labute approximate surface area is 168 Å². The third-order valence-electron chi connectivity index (χ3n) is 4.27. The van der Waals surface area contributed by atoms with Crippen molar-refractivity contribution < 1.29 is 17.9 Å². The summed E-state index contributed by atoms with van der Waals surface area (Å²) in [6.45, 7) is 3.09. The lowest BCUT2D eigenvalue weighted by Gasteiger charge is -2.16. The number of rotatable bonds is 7. The number of halogens is 1. The number of carbonyl (C=O) groups excluding carboxylic acids is 1. The Balaban J connectivity index is 1.74. The topological polar surface area (TPSA) is 76.6 Å². The van der Waals surface area contributed by atoms with Crippen LogP contribution in [0.25, 0.3) is 0 Å². The van der Waals surface area contributed by atoms with Gasteiger partial charge >= 0.3 is 5.97 Å². The predicted octanol–water partition coefficient (Wildman–Crippen LogP) is 3.89. The first kappa shape index (κ1) is 20.3. The van der Waals surface area contributed by atoms with Crippen molar-refractivity contribution in [1.29, 1.82) is 0 Å². The summed E-state index contributed by atoms with van der Waals surface area (Å²) >= 11 is 7.64. The van der Waals surface area contributed by atoms with Crippen LogP contribution in [0.15, 0.2) is 28.5 Å². The zero-order valence-electron chi connectivity index (χ0n) is 15.0. The molecule has 6 nitrogen and oxygen atoms in total. The van der Waals surface area contributed by atoms with Crippen LogP contribution in [0, 0.1) is 0 Å². The summed E-state index contributed by atoms with van der Waals surface area (Å²) in [5.41, 5.74) is 0.717. The molecule has 1 fully saturated rings. The molecule has 0 radical (unpaired) electrons. The van der Waals surface area contributed by atoms with Crippen molar-refractivity contribution in [3.8, 4) is 0 Å². The summed E-state index contributed by atoms with van der Waals surface area (Å²) < 4.78 is 32.1. The van der Waals surface area contributed by atoms with Crippen LogP contribution in [0.1, 0.15) is 47.2 Å². The molecule has 0 unspecified atom stereocenters. The molecule has 0 aliphatic carbocycles. The average molecular weight is 429 g/mol. The van der Waals surface area contributed by atoms with Gasteiger partial charge in [-0.3, -0.25) is 0 Å². The molecule has 0 bridgehead atoms. The van der Waals surface area contributed by atoms with Crippen LogP contribution in [-0.4, -0.2) is 36.8 Å². The molecule has 27 heavy (non-hydrogen) atoms. The number of ether oxygens (including phenoxy) is 1. The molecule has 9 heteroatoms. The van der Waals surface area contributed by atoms with E-state index in [0.29, 0.717) is 18.8 Å². The van der Waals surface area contributed by atoms with E-state index in [4.69, 9.17) is 16.3 Å². The summed E-state index contributed by atoms with van der Waals surface area (Å²) in [6, 6.07) is 4.13. The fourth-order valence-corrected chi connectivity index (χ4v) is 5.48. The molecule has 0 atom stereocenters. The lowest BCUT2D eigenvalue weighted by molar-refractivity contribution is 0.0468. The van der Waals surface area contributed by atoms with E-state index in [1.54, 1.807) is 0 Å². The van der Waals surface area contributed by atoms with Gasteiger partial charge in [-0.15, -0.1) is 11.3 Å². The second-order valence-corrected chi connectivity index (χ2v) is 9.60. The standard InChI is InChI=1S/C18H21ClN2O4S2/c1-2-5-17-20-13(12-26-17)11-25-18(22)15-10-14(6-7-16(15)19)27(23,24)21-8-3-4-9-21/h6-7,10,12H,2-5,8-9,11H2,1H3. The van der Waals surface area contributed by atoms with Crippen LogP contribution >= 0.6 is 22.9 Å². The predicted molar refractivity (Wildman–Crippen MR) is 105 cm³/mol. The van der Waals surface area contributed by atoms with Gasteiger partial charge in [0.15, 0.2) is 0 Å². The second-order valence-electron chi connectivity index (χ2n) is 6.31. The van der Waals surface area contributed by atoms with Gasteiger partial charge in [-0.1, -0.05) is 18.5 Å². The molecule has 2 aromatic rings. The molecule has 1 aliphatic rings. The summed E-state index contributed by atoms with van der Waals surface area (Å²) in [4.78, 5) is 16.9. The molecule has 0 saturated carbocycles. The molecule has 0 N–H and O–H groups in total. The van der Waals surface area contributed by atoms with Crippen molar-refractivity contribution in [2.45, 2.75) is 44.1 Å². The Morgan fingerprint density at radius 1 is 1.33 bits per heavy atom. The lowest BCUT2D eigenvalue weighted by atomic mass is 10.2. The number of esters is 1. The average Bonchev–Trinajstić information content (AvgIpc) is 3.32. The molecule has 0 amide bonds. The van der Waals surface area contributed by atoms with E-state index in [-0.39, 0.29) is 22.1 Å². The smallest absolute Gasteiger partial charge is 0.340 e. The minimum absolute atomic E-state index is 0.0263. The first-order chi connectivity index (χ1) is 12.9. The van der Waals surface area contributed by atoms with Crippen LogP contribution in [-0.2, 0) is 27.8 Å². The monoisotopic (exact) mass is 428 g/mol. The third kappa shape index (κ3) is 4.68. The van der Waals surface area contributed by atoms with E-state index in [1.807, 2.05) is 5.38 Å². The highest BCUT2D eigenvalue weighted by molar-refractivity contribution is 7.89. The fourth-order valence-electron chi connectivity index (χ4n) is 2.86. The summed E-state index contributed by atoms with van der Waals surface area (Å²) in [7, 11) is -3.63. The van der Waals surface area contributed by atoms with Crippen LogP contribution < -0.4 is 0 Å². The molecule has 146 valence electrons. The summed E-state index contributed by atoms with van der Waals surface area (Å²) in [6.07, 6.45) is 3.58. The number of carbonyl (C=O) groups is 1. The number of thiazole rings is 1. The van der Waals surface area contributed by atoms with Crippen molar-refractivity contribution in [3.63, 3.8) is 0 Å². The van der Waals surface area contributed by atoms with Gasteiger partial charge in [-0.2, -0.15) is 4.31 Å². The van der Waals surface area contributed by atoms with E-state index in [0.717, 1.165) is 30.7 Å². The maximum atomic E-state index is 12.7. The lowest BCUT2D eigenvalue weighted by Crippen LogP contribution is -2.28. The van der Waals surface area contributed by atoms with Crippen molar-refractivity contribution in [3.05, 3.63) is 44.9 Å². The zero-order chi connectivity index (χ0) is 19.4. The van der Waals surface area contributed by atoms with Gasteiger partial charge in [0.1, 0.15) is 6.61 Å². The maximum absolute atomic E-state index is 12.7. The van der Waals surface area contributed by atoms with Crippen LogP contribution in [0.3, 0.4) is 0 Å². The van der Waals surface area contributed by atoms with E-state index < -0.39 is 16.0 Å². The number of benzene rings is 1. The van der Waals surface area contributed by atoms with Crippen molar-refractivity contribution in [2.24, 2.45) is 0 Å². The normalized spacial score (nSPS) is 15.2. The summed E-state index contributed by atoms with van der Waals surface area (Å²) in [5, 5.41) is 3.01.